The molecule has 2 aliphatic carbocycles. The van der Waals surface area contributed by atoms with Crippen LogP contribution in [0.4, 0.5) is 0 Å². The van der Waals surface area contributed by atoms with E-state index in [4.69, 9.17) is 4.98 Å². The summed E-state index contributed by atoms with van der Waals surface area (Å²) in [6.45, 7) is 8.65. The minimum atomic E-state index is 0.228. The number of nitrogens with one attached hydrogen (secondary N) is 1. The van der Waals surface area contributed by atoms with Crippen LogP contribution in [-0.4, -0.2) is 39.1 Å². The van der Waals surface area contributed by atoms with Crippen molar-refractivity contribution < 1.29 is 4.79 Å². The summed E-state index contributed by atoms with van der Waals surface area (Å²) in [5.41, 5.74) is 1.76. The molecule has 0 radical (unpaired) electrons. The normalized spacial score (nSPS) is 23.3. The van der Waals surface area contributed by atoms with Gasteiger partial charge in [-0.25, -0.2) is 4.98 Å². The first-order valence-corrected chi connectivity index (χ1v) is 12.0. The second kappa shape index (κ2) is 7.22. The molecule has 5 nitrogen and oxygen atoms in total. The van der Waals surface area contributed by atoms with Crippen LogP contribution in [0.3, 0.4) is 0 Å². The third-order valence-electron chi connectivity index (χ3n) is 7.15. The Labute approximate surface area is 177 Å². The molecule has 6 heteroatoms. The van der Waals surface area contributed by atoms with Crippen molar-refractivity contribution in [2.45, 2.75) is 77.6 Å². The van der Waals surface area contributed by atoms with E-state index in [-0.39, 0.29) is 5.91 Å². The summed E-state index contributed by atoms with van der Waals surface area (Å²) in [4.78, 5) is 22.3. The Kier molecular flexibility index (Phi) is 4.80. The van der Waals surface area contributed by atoms with Gasteiger partial charge in [0.25, 0.3) is 5.91 Å². The predicted molar refractivity (Wildman–Crippen MR) is 116 cm³/mol. The van der Waals surface area contributed by atoms with Crippen molar-refractivity contribution in [3.05, 3.63) is 33.0 Å². The van der Waals surface area contributed by atoms with E-state index in [1.807, 2.05) is 4.90 Å². The molecule has 5 rings (SSSR count). The molecule has 2 aromatic heterocycles. The van der Waals surface area contributed by atoms with Gasteiger partial charge in [0.1, 0.15) is 5.82 Å². The Morgan fingerprint density at radius 3 is 2.59 bits per heavy atom. The van der Waals surface area contributed by atoms with Gasteiger partial charge >= 0.3 is 0 Å². The van der Waals surface area contributed by atoms with Gasteiger partial charge in [-0.3, -0.25) is 9.89 Å². The zero-order chi connectivity index (χ0) is 20.2. The van der Waals surface area contributed by atoms with Crippen molar-refractivity contribution in [1.82, 2.24) is 20.1 Å². The second-order valence-electron chi connectivity index (χ2n) is 10.3. The molecule has 3 heterocycles. The fourth-order valence-corrected chi connectivity index (χ4v) is 6.05. The Bertz CT molecular complexity index is 896. The third-order valence-corrected chi connectivity index (χ3v) is 8.37. The smallest absolute Gasteiger partial charge is 0.263 e. The summed E-state index contributed by atoms with van der Waals surface area (Å²) in [7, 11) is 0. The van der Waals surface area contributed by atoms with Crippen molar-refractivity contribution in [2.75, 3.05) is 13.1 Å². The van der Waals surface area contributed by atoms with E-state index in [1.54, 1.807) is 11.3 Å². The van der Waals surface area contributed by atoms with Crippen LogP contribution >= 0.6 is 11.3 Å². The number of thiophene rings is 1. The van der Waals surface area contributed by atoms with Gasteiger partial charge in [0, 0.05) is 29.8 Å². The van der Waals surface area contributed by atoms with Gasteiger partial charge < -0.3 is 4.90 Å². The topological polar surface area (TPSA) is 61.9 Å². The number of hydrogen-bond acceptors (Lipinski definition) is 4. The summed E-state index contributed by atoms with van der Waals surface area (Å²) in [5, 5.41) is 7.56. The molecule has 1 atom stereocenters. The summed E-state index contributed by atoms with van der Waals surface area (Å²) >= 11 is 1.74. The highest BCUT2D eigenvalue weighted by Gasteiger charge is 2.33. The van der Waals surface area contributed by atoms with Crippen LogP contribution in [0.5, 0.6) is 0 Å². The van der Waals surface area contributed by atoms with Gasteiger partial charge in [-0.05, 0) is 67.9 Å². The molecular formula is C23H32N4OS. The molecule has 2 fully saturated rings. The quantitative estimate of drug-likeness (QED) is 0.779. The van der Waals surface area contributed by atoms with E-state index in [1.165, 1.54) is 29.7 Å². The van der Waals surface area contributed by atoms with Gasteiger partial charge in [-0.15, -0.1) is 11.3 Å². The summed E-state index contributed by atoms with van der Waals surface area (Å²) < 4.78 is 0. The van der Waals surface area contributed by atoms with Crippen LogP contribution in [-0.2, 0) is 12.8 Å². The van der Waals surface area contributed by atoms with E-state index in [9.17, 15) is 4.79 Å². The number of amides is 1. The van der Waals surface area contributed by atoms with Gasteiger partial charge in [0.05, 0.1) is 4.88 Å². The number of rotatable bonds is 3. The minimum absolute atomic E-state index is 0.228. The molecule has 0 aromatic carbocycles. The lowest BCUT2D eigenvalue weighted by Crippen LogP contribution is -2.37. The molecule has 2 aromatic rings. The maximum Gasteiger partial charge on any atom is 0.263 e. The average molecular weight is 413 g/mol. The number of carbonyl (C=O) groups is 1. The molecule has 29 heavy (non-hydrogen) atoms. The molecule has 1 amide bonds. The standard InChI is InChI=1S/C23H32N4OS/c1-23(2,3)17-6-7-18-16(12-17)13-19(29-18)22(28)27-10-8-15(9-11-27)21-24-20(25-26-21)14-4-5-14/h13-15,17H,4-12H2,1-3H3,(H,24,25,26). The molecular weight excluding hydrogens is 380 g/mol. The van der Waals surface area contributed by atoms with Crippen molar-refractivity contribution in [2.24, 2.45) is 11.3 Å². The van der Waals surface area contributed by atoms with Gasteiger partial charge in [0.2, 0.25) is 0 Å². The number of hydrogen-bond donors (Lipinski definition) is 1. The number of aromatic nitrogens is 3. The first-order chi connectivity index (χ1) is 13.9. The molecule has 1 saturated carbocycles. The average Bonchev–Trinajstić information content (AvgIpc) is 3.27. The second-order valence-corrected chi connectivity index (χ2v) is 11.4. The maximum atomic E-state index is 13.1. The fraction of sp³-hybridized carbons (Fsp3) is 0.696. The van der Waals surface area contributed by atoms with Gasteiger partial charge in [-0.1, -0.05) is 20.8 Å². The Morgan fingerprint density at radius 2 is 1.90 bits per heavy atom. The fourth-order valence-electron chi connectivity index (χ4n) is 4.87. The maximum absolute atomic E-state index is 13.1. The van der Waals surface area contributed by atoms with Crippen molar-refractivity contribution >= 4 is 17.2 Å². The van der Waals surface area contributed by atoms with E-state index in [2.05, 4.69) is 37.0 Å². The monoisotopic (exact) mass is 412 g/mol. The lowest BCUT2D eigenvalue weighted by atomic mass is 9.72. The van der Waals surface area contributed by atoms with Crippen LogP contribution in [0.15, 0.2) is 6.07 Å². The summed E-state index contributed by atoms with van der Waals surface area (Å²) in [6, 6.07) is 2.20. The molecule has 0 spiro atoms. The zero-order valence-electron chi connectivity index (χ0n) is 17.8. The number of piperidine rings is 1. The first kappa shape index (κ1) is 19.3. The summed E-state index contributed by atoms with van der Waals surface area (Å²) in [6.07, 6.45) is 7.91. The van der Waals surface area contributed by atoms with Crippen LogP contribution in [0, 0.1) is 11.3 Å². The number of fused-ring (bicyclic) bond motifs is 1. The third kappa shape index (κ3) is 3.88. The Balaban J connectivity index is 1.21. The van der Waals surface area contributed by atoms with Crippen LogP contribution in [0.25, 0.3) is 0 Å². The predicted octanol–water partition coefficient (Wildman–Crippen LogP) is 4.91. The molecule has 1 aliphatic heterocycles. The molecule has 1 N–H and O–H groups in total. The van der Waals surface area contributed by atoms with Gasteiger partial charge in [0.15, 0.2) is 5.82 Å². The van der Waals surface area contributed by atoms with E-state index in [0.29, 0.717) is 23.2 Å². The number of H-pyrrole nitrogens is 1. The number of nitrogens with zero attached hydrogens (tertiary/aromatic N) is 3. The zero-order valence-corrected chi connectivity index (χ0v) is 18.6. The SMILES string of the molecule is CC(C)(C)C1CCc2sc(C(=O)N3CCC(c4nc(C5CC5)n[nH]4)CC3)cc2C1. The Hall–Kier alpha value is -1.69. The lowest BCUT2D eigenvalue weighted by molar-refractivity contribution is 0.0716. The van der Waals surface area contributed by atoms with E-state index >= 15 is 0 Å². The molecule has 0 bridgehead atoms. The van der Waals surface area contributed by atoms with Crippen LogP contribution < -0.4 is 0 Å². The number of carbonyl (C=O) groups excluding carboxylic acids is 1. The molecule has 1 saturated heterocycles. The van der Waals surface area contributed by atoms with Crippen LogP contribution in [0.1, 0.15) is 96.5 Å². The first-order valence-electron chi connectivity index (χ1n) is 11.2. The summed E-state index contributed by atoms with van der Waals surface area (Å²) in [5.74, 6) is 3.96. The highest BCUT2D eigenvalue weighted by molar-refractivity contribution is 7.14. The van der Waals surface area contributed by atoms with E-state index < -0.39 is 0 Å². The number of aryl methyl sites for hydroxylation is 1. The molecule has 3 aliphatic rings. The molecule has 1 unspecified atom stereocenters. The number of likely N-dealkylation sites (tertiary alicyclic amines) is 1. The highest BCUT2D eigenvalue weighted by atomic mass is 32.1. The van der Waals surface area contributed by atoms with Gasteiger partial charge in [-0.2, -0.15) is 5.10 Å². The molecule has 156 valence electrons. The highest BCUT2D eigenvalue weighted by Crippen LogP contribution is 2.41. The lowest BCUT2D eigenvalue weighted by Gasteiger charge is -2.33. The number of aromatic amines is 1. The largest absolute Gasteiger partial charge is 0.338 e. The van der Waals surface area contributed by atoms with Crippen molar-refractivity contribution in [3.8, 4) is 0 Å². The Morgan fingerprint density at radius 1 is 1.14 bits per heavy atom. The minimum Gasteiger partial charge on any atom is -0.338 e. The van der Waals surface area contributed by atoms with E-state index in [0.717, 1.165) is 55.3 Å². The van der Waals surface area contributed by atoms with Crippen molar-refractivity contribution in [3.63, 3.8) is 0 Å². The van der Waals surface area contributed by atoms with Crippen molar-refractivity contribution in [1.29, 1.82) is 0 Å². The van der Waals surface area contributed by atoms with Crippen LogP contribution in [0.2, 0.25) is 0 Å².